The molecule has 2 atom stereocenters. The van der Waals surface area contributed by atoms with Gasteiger partial charge in [0, 0.05) is 19.5 Å². The Kier molecular flexibility index (Phi) is 4.54. The molecule has 3 heteroatoms. The third-order valence-corrected chi connectivity index (χ3v) is 3.34. The van der Waals surface area contributed by atoms with E-state index in [0.29, 0.717) is 6.42 Å². The van der Waals surface area contributed by atoms with E-state index >= 15 is 0 Å². The lowest BCUT2D eigenvalue weighted by Crippen LogP contribution is -2.48. The number of aliphatic hydroxyl groups is 1. The monoisotopic (exact) mass is 235 g/mol. The second-order valence-corrected chi connectivity index (χ2v) is 4.56. The first-order valence-electron chi connectivity index (χ1n) is 6.35. The van der Waals surface area contributed by atoms with Crippen LogP contribution >= 0.6 is 0 Å². The van der Waals surface area contributed by atoms with Crippen LogP contribution in [0.25, 0.3) is 0 Å². The largest absolute Gasteiger partial charge is 0.390 e. The number of aliphatic hydroxyl groups excluding tert-OH is 1. The van der Waals surface area contributed by atoms with Crippen LogP contribution in [-0.4, -0.2) is 48.5 Å². The van der Waals surface area contributed by atoms with Crippen molar-refractivity contribution in [3.63, 3.8) is 0 Å². The minimum atomic E-state index is -0.410. The van der Waals surface area contributed by atoms with E-state index < -0.39 is 6.10 Å². The fourth-order valence-electron chi connectivity index (χ4n) is 2.24. The Bertz CT molecular complexity index is 328. The summed E-state index contributed by atoms with van der Waals surface area (Å²) in [5.41, 5.74) is 1.16. The molecule has 0 spiro atoms. The molecule has 1 fully saturated rings. The molecule has 1 N–H and O–H groups in total. The van der Waals surface area contributed by atoms with Crippen LogP contribution < -0.4 is 0 Å². The van der Waals surface area contributed by atoms with Gasteiger partial charge >= 0.3 is 0 Å². The number of benzene rings is 1. The topological polar surface area (TPSA) is 32.7 Å². The zero-order valence-electron chi connectivity index (χ0n) is 10.4. The number of hydrogen-bond acceptors (Lipinski definition) is 3. The van der Waals surface area contributed by atoms with Crippen molar-refractivity contribution in [3.8, 4) is 0 Å². The lowest BCUT2D eigenvalue weighted by molar-refractivity contribution is -0.0867. The van der Waals surface area contributed by atoms with Gasteiger partial charge in [-0.1, -0.05) is 37.3 Å². The number of morpholine rings is 1. The highest BCUT2D eigenvalue weighted by atomic mass is 16.5. The zero-order chi connectivity index (χ0) is 12.1. The molecule has 1 aliphatic rings. The summed E-state index contributed by atoms with van der Waals surface area (Å²) in [4.78, 5) is 2.32. The second-order valence-electron chi connectivity index (χ2n) is 4.56. The molecule has 94 valence electrons. The average Bonchev–Trinajstić information content (AvgIpc) is 2.40. The summed E-state index contributed by atoms with van der Waals surface area (Å²) in [7, 11) is 0. The van der Waals surface area contributed by atoms with E-state index in [0.717, 1.165) is 31.8 Å². The molecule has 0 aromatic heterocycles. The Labute approximate surface area is 103 Å². The Balaban J connectivity index is 1.89. The molecule has 2 rings (SSSR count). The zero-order valence-corrected chi connectivity index (χ0v) is 10.4. The number of ether oxygens (including phenoxy) is 1. The van der Waals surface area contributed by atoms with E-state index in [4.69, 9.17) is 4.74 Å². The van der Waals surface area contributed by atoms with Gasteiger partial charge in [0.2, 0.25) is 0 Å². The van der Waals surface area contributed by atoms with Crippen molar-refractivity contribution in [1.29, 1.82) is 0 Å². The molecule has 1 aromatic carbocycles. The van der Waals surface area contributed by atoms with E-state index in [2.05, 4.69) is 11.8 Å². The highest BCUT2D eigenvalue weighted by Crippen LogP contribution is 2.13. The van der Waals surface area contributed by atoms with E-state index in [1.807, 2.05) is 30.3 Å². The van der Waals surface area contributed by atoms with Gasteiger partial charge in [-0.15, -0.1) is 0 Å². The fourth-order valence-corrected chi connectivity index (χ4v) is 2.24. The Morgan fingerprint density at radius 2 is 2.18 bits per heavy atom. The van der Waals surface area contributed by atoms with Gasteiger partial charge in [0.05, 0.1) is 18.8 Å². The molecular formula is C14H21NO2. The van der Waals surface area contributed by atoms with Crippen LogP contribution in [-0.2, 0) is 11.2 Å². The van der Waals surface area contributed by atoms with E-state index in [1.165, 1.54) is 0 Å². The van der Waals surface area contributed by atoms with Gasteiger partial charge in [0.25, 0.3) is 0 Å². The SMILES string of the molecule is CCN1CCOC(C(O)Cc2ccccc2)C1. The lowest BCUT2D eigenvalue weighted by Gasteiger charge is -2.34. The van der Waals surface area contributed by atoms with Crippen molar-refractivity contribution in [1.82, 2.24) is 4.90 Å². The van der Waals surface area contributed by atoms with Crippen LogP contribution in [0.3, 0.4) is 0 Å². The number of nitrogens with zero attached hydrogens (tertiary/aromatic N) is 1. The summed E-state index contributed by atoms with van der Waals surface area (Å²) in [6.45, 7) is 5.71. The number of hydrogen-bond donors (Lipinski definition) is 1. The van der Waals surface area contributed by atoms with Crippen molar-refractivity contribution in [3.05, 3.63) is 35.9 Å². The fraction of sp³-hybridized carbons (Fsp3) is 0.571. The van der Waals surface area contributed by atoms with E-state index in [-0.39, 0.29) is 6.10 Å². The van der Waals surface area contributed by atoms with Crippen LogP contribution in [0.2, 0.25) is 0 Å². The number of rotatable bonds is 4. The molecule has 0 radical (unpaired) electrons. The van der Waals surface area contributed by atoms with Crippen molar-refractivity contribution in [2.45, 2.75) is 25.6 Å². The molecule has 2 unspecified atom stereocenters. The molecule has 1 heterocycles. The van der Waals surface area contributed by atoms with Gasteiger partial charge < -0.3 is 9.84 Å². The van der Waals surface area contributed by atoms with Gasteiger partial charge in [-0.3, -0.25) is 4.90 Å². The Morgan fingerprint density at radius 1 is 1.41 bits per heavy atom. The Morgan fingerprint density at radius 3 is 2.88 bits per heavy atom. The maximum atomic E-state index is 10.2. The minimum Gasteiger partial charge on any atom is -0.390 e. The summed E-state index contributed by atoms with van der Waals surface area (Å²) in [6.07, 6.45) is 0.207. The first-order chi connectivity index (χ1) is 8.29. The normalized spacial score (nSPS) is 23.5. The first kappa shape index (κ1) is 12.6. The molecular weight excluding hydrogens is 214 g/mol. The molecule has 17 heavy (non-hydrogen) atoms. The molecule has 0 amide bonds. The third-order valence-electron chi connectivity index (χ3n) is 3.34. The maximum Gasteiger partial charge on any atom is 0.0964 e. The third kappa shape index (κ3) is 3.53. The van der Waals surface area contributed by atoms with Crippen LogP contribution in [0.5, 0.6) is 0 Å². The van der Waals surface area contributed by atoms with Gasteiger partial charge in [-0.2, -0.15) is 0 Å². The predicted octanol–water partition coefficient (Wildman–Crippen LogP) is 1.31. The maximum absolute atomic E-state index is 10.2. The lowest BCUT2D eigenvalue weighted by atomic mass is 10.0. The molecule has 1 aliphatic heterocycles. The standard InChI is InChI=1S/C14H21NO2/c1-2-15-8-9-17-14(11-15)13(16)10-12-6-4-3-5-7-12/h3-7,13-14,16H,2,8-11H2,1H3. The highest BCUT2D eigenvalue weighted by molar-refractivity contribution is 5.15. The van der Waals surface area contributed by atoms with Gasteiger partial charge in [0.1, 0.15) is 0 Å². The smallest absolute Gasteiger partial charge is 0.0964 e. The summed E-state index contributed by atoms with van der Waals surface area (Å²) in [6, 6.07) is 10.1. The van der Waals surface area contributed by atoms with Crippen molar-refractivity contribution in [2.24, 2.45) is 0 Å². The van der Waals surface area contributed by atoms with Gasteiger partial charge in [-0.25, -0.2) is 0 Å². The quantitative estimate of drug-likeness (QED) is 0.854. The molecule has 3 nitrogen and oxygen atoms in total. The molecule has 1 saturated heterocycles. The van der Waals surface area contributed by atoms with Crippen LogP contribution in [0.1, 0.15) is 12.5 Å². The van der Waals surface area contributed by atoms with Crippen molar-refractivity contribution in [2.75, 3.05) is 26.2 Å². The van der Waals surface area contributed by atoms with Crippen molar-refractivity contribution >= 4 is 0 Å². The first-order valence-corrected chi connectivity index (χ1v) is 6.35. The van der Waals surface area contributed by atoms with Crippen LogP contribution in [0.4, 0.5) is 0 Å². The molecule has 0 saturated carbocycles. The molecule has 0 aliphatic carbocycles. The van der Waals surface area contributed by atoms with E-state index in [9.17, 15) is 5.11 Å². The average molecular weight is 235 g/mol. The summed E-state index contributed by atoms with van der Waals surface area (Å²) in [5.74, 6) is 0. The highest BCUT2D eigenvalue weighted by Gasteiger charge is 2.26. The second kappa shape index (κ2) is 6.15. The van der Waals surface area contributed by atoms with E-state index in [1.54, 1.807) is 0 Å². The summed E-state index contributed by atoms with van der Waals surface area (Å²) >= 11 is 0. The van der Waals surface area contributed by atoms with Gasteiger partial charge in [-0.05, 0) is 12.1 Å². The number of likely N-dealkylation sites (N-methyl/N-ethyl adjacent to an activating group) is 1. The van der Waals surface area contributed by atoms with Gasteiger partial charge in [0.15, 0.2) is 0 Å². The predicted molar refractivity (Wildman–Crippen MR) is 68.0 cm³/mol. The summed E-state index contributed by atoms with van der Waals surface area (Å²) < 4.78 is 5.65. The van der Waals surface area contributed by atoms with Crippen LogP contribution in [0.15, 0.2) is 30.3 Å². The molecule has 1 aromatic rings. The van der Waals surface area contributed by atoms with Crippen molar-refractivity contribution < 1.29 is 9.84 Å². The molecule has 0 bridgehead atoms. The van der Waals surface area contributed by atoms with Crippen LogP contribution in [0, 0.1) is 0 Å². The summed E-state index contributed by atoms with van der Waals surface area (Å²) in [5, 5.41) is 10.2. The minimum absolute atomic E-state index is 0.0519. The Hall–Kier alpha value is -0.900.